The van der Waals surface area contributed by atoms with Crippen molar-refractivity contribution in [1.29, 1.82) is 0 Å². The van der Waals surface area contributed by atoms with Crippen LogP contribution in [0.1, 0.15) is 44.1 Å². The molecular formula is C22H34ClN3O2. The standard InChI is InChI=1S/C22H34ClN3O2/c1-24-12-9-19(10-13-24)25(2)22(28)8-6-17-4-3-11-26(15-17)16-18-5-7-21(27)20(23)14-18/h5,7,14,17,19,27H,3-4,6,8-13,15-16H2,1-2H3. The van der Waals surface area contributed by atoms with Gasteiger partial charge in [-0.3, -0.25) is 9.69 Å². The van der Waals surface area contributed by atoms with Gasteiger partial charge in [-0.1, -0.05) is 17.7 Å². The first kappa shape index (κ1) is 21.4. The molecule has 1 aromatic rings. The Morgan fingerprint density at radius 2 is 2.00 bits per heavy atom. The van der Waals surface area contributed by atoms with E-state index < -0.39 is 0 Å². The fourth-order valence-corrected chi connectivity index (χ4v) is 4.73. The molecule has 2 aliphatic rings. The van der Waals surface area contributed by atoms with E-state index in [1.54, 1.807) is 6.07 Å². The van der Waals surface area contributed by atoms with Crippen LogP contribution in [0.2, 0.25) is 5.02 Å². The van der Waals surface area contributed by atoms with Crippen LogP contribution in [0, 0.1) is 5.92 Å². The topological polar surface area (TPSA) is 47.0 Å². The zero-order valence-electron chi connectivity index (χ0n) is 17.2. The van der Waals surface area contributed by atoms with Gasteiger partial charge in [0.1, 0.15) is 5.75 Å². The van der Waals surface area contributed by atoms with Crippen molar-refractivity contribution >= 4 is 17.5 Å². The van der Waals surface area contributed by atoms with Gasteiger partial charge in [-0.25, -0.2) is 0 Å². The Hall–Kier alpha value is -1.30. The van der Waals surface area contributed by atoms with Gasteiger partial charge in [0.05, 0.1) is 5.02 Å². The molecule has 1 amide bonds. The van der Waals surface area contributed by atoms with Crippen molar-refractivity contribution in [3.8, 4) is 5.75 Å². The number of aromatic hydroxyl groups is 1. The average molecular weight is 408 g/mol. The van der Waals surface area contributed by atoms with Crippen LogP contribution in [0.3, 0.4) is 0 Å². The maximum absolute atomic E-state index is 12.7. The van der Waals surface area contributed by atoms with Gasteiger partial charge in [0.25, 0.3) is 0 Å². The van der Waals surface area contributed by atoms with Crippen LogP contribution < -0.4 is 0 Å². The highest BCUT2D eigenvalue weighted by atomic mass is 35.5. The van der Waals surface area contributed by atoms with Crippen molar-refractivity contribution in [3.63, 3.8) is 0 Å². The summed E-state index contributed by atoms with van der Waals surface area (Å²) < 4.78 is 0. The van der Waals surface area contributed by atoms with Gasteiger partial charge in [0.15, 0.2) is 0 Å². The Labute approximate surface area is 174 Å². The molecule has 28 heavy (non-hydrogen) atoms. The quantitative estimate of drug-likeness (QED) is 0.782. The van der Waals surface area contributed by atoms with E-state index in [2.05, 4.69) is 16.8 Å². The number of hydrogen-bond donors (Lipinski definition) is 1. The lowest BCUT2D eigenvalue weighted by atomic mass is 9.92. The van der Waals surface area contributed by atoms with Crippen molar-refractivity contribution in [1.82, 2.24) is 14.7 Å². The van der Waals surface area contributed by atoms with E-state index in [4.69, 9.17) is 11.6 Å². The molecule has 1 aromatic carbocycles. The third kappa shape index (κ3) is 5.85. The molecule has 5 nitrogen and oxygen atoms in total. The highest BCUT2D eigenvalue weighted by Crippen LogP contribution is 2.27. The predicted molar refractivity (Wildman–Crippen MR) is 114 cm³/mol. The summed E-state index contributed by atoms with van der Waals surface area (Å²) in [5, 5.41) is 9.99. The number of amides is 1. The molecule has 2 fully saturated rings. The second-order valence-corrected chi connectivity index (χ2v) is 9.01. The number of phenols is 1. The number of halogens is 1. The maximum atomic E-state index is 12.7. The first-order chi connectivity index (χ1) is 13.4. The highest BCUT2D eigenvalue weighted by Gasteiger charge is 2.25. The summed E-state index contributed by atoms with van der Waals surface area (Å²) in [6.07, 6.45) is 6.19. The molecule has 156 valence electrons. The highest BCUT2D eigenvalue weighted by molar-refractivity contribution is 6.32. The number of nitrogens with zero attached hydrogens (tertiary/aromatic N) is 3. The minimum Gasteiger partial charge on any atom is -0.506 e. The lowest BCUT2D eigenvalue weighted by Crippen LogP contribution is -2.44. The van der Waals surface area contributed by atoms with Crippen molar-refractivity contribution < 1.29 is 9.90 Å². The SMILES string of the molecule is CN1CCC(N(C)C(=O)CCC2CCCN(Cc3ccc(O)c(Cl)c3)C2)CC1. The van der Waals surface area contributed by atoms with Crippen molar-refractivity contribution in [3.05, 3.63) is 28.8 Å². The fourth-order valence-electron chi connectivity index (χ4n) is 4.53. The van der Waals surface area contributed by atoms with Crippen LogP contribution in [0.4, 0.5) is 0 Å². The largest absolute Gasteiger partial charge is 0.506 e. The summed E-state index contributed by atoms with van der Waals surface area (Å²) in [4.78, 5) is 19.5. The molecule has 1 atom stereocenters. The van der Waals surface area contributed by atoms with Crippen LogP contribution >= 0.6 is 11.6 Å². The summed E-state index contributed by atoms with van der Waals surface area (Å²) in [7, 11) is 4.14. The molecule has 2 aliphatic heterocycles. The Balaban J connectivity index is 1.44. The number of rotatable bonds is 6. The average Bonchev–Trinajstić information content (AvgIpc) is 2.69. The number of phenolic OH excluding ortho intramolecular Hbond substituents is 1. The first-order valence-corrected chi connectivity index (χ1v) is 10.9. The molecule has 6 heteroatoms. The van der Waals surface area contributed by atoms with Gasteiger partial charge >= 0.3 is 0 Å². The number of likely N-dealkylation sites (tertiary alicyclic amines) is 2. The fraction of sp³-hybridized carbons (Fsp3) is 0.682. The minimum absolute atomic E-state index is 0.134. The van der Waals surface area contributed by atoms with Gasteiger partial charge in [-0.2, -0.15) is 0 Å². The zero-order valence-corrected chi connectivity index (χ0v) is 18.0. The summed E-state index contributed by atoms with van der Waals surface area (Å²) in [6, 6.07) is 5.85. The lowest BCUT2D eigenvalue weighted by Gasteiger charge is -2.36. The van der Waals surface area contributed by atoms with Gasteiger partial charge in [-0.15, -0.1) is 0 Å². The van der Waals surface area contributed by atoms with E-state index in [0.717, 1.165) is 57.5 Å². The molecular weight excluding hydrogens is 374 g/mol. The summed E-state index contributed by atoms with van der Waals surface area (Å²) in [5.74, 6) is 1.02. The van der Waals surface area contributed by atoms with Gasteiger partial charge in [0, 0.05) is 32.6 Å². The molecule has 0 aromatic heterocycles. The van der Waals surface area contributed by atoms with E-state index in [9.17, 15) is 9.90 Å². The molecule has 0 saturated carbocycles. The predicted octanol–water partition coefficient (Wildman–Crippen LogP) is 3.59. The lowest BCUT2D eigenvalue weighted by molar-refractivity contribution is -0.133. The normalized spacial score (nSPS) is 22.3. The summed E-state index contributed by atoms with van der Waals surface area (Å²) >= 11 is 6.03. The van der Waals surface area contributed by atoms with Crippen LogP contribution in [0.5, 0.6) is 5.75 Å². The Morgan fingerprint density at radius 1 is 1.25 bits per heavy atom. The molecule has 2 saturated heterocycles. The number of carbonyl (C=O) groups is 1. The van der Waals surface area contributed by atoms with E-state index in [0.29, 0.717) is 29.3 Å². The van der Waals surface area contributed by atoms with E-state index in [1.807, 2.05) is 24.1 Å². The second kappa shape index (κ2) is 9.95. The number of carbonyl (C=O) groups excluding carboxylic acids is 1. The molecule has 1 unspecified atom stereocenters. The Bertz CT molecular complexity index is 661. The van der Waals surface area contributed by atoms with Crippen LogP contribution in [-0.2, 0) is 11.3 Å². The molecule has 0 spiro atoms. The molecule has 0 bridgehead atoms. The molecule has 0 aliphatic carbocycles. The molecule has 1 N–H and O–H groups in total. The van der Waals surface area contributed by atoms with E-state index >= 15 is 0 Å². The van der Waals surface area contributed by atoms with Crippen LogP contribution in [0.25, 0.3) is 0 Å². The van der Waals surface area contributed by atoms with Crippen molar-refractivity contribution in [2.45, 2.75) is 51.1 Å². The monoisotopic (exact) mass is 407 g/mol. The molecule has 0 radical (unpaired) electrons. The minimum atomic E-state index is 0.134. The maximum Gasteiger partial charge on any atom is 0.222 e. The van der Waals surface area contributed by atoms with Gasteiger partial charge in [0.2, 0.25) is 5.91 Å². The Morgan fingerprint density at radius 3 is 2.71 bits per heavy atom. The number of piperidine rings is 2. The van der Waals surface area contributed by atoms with Crippen molar-refractivity contribution in [2.24, 2.45) is 5.92 Å². The van der Waals surface area contributed by atoms with Crippen molar-refractivity contribution in [2.75, 3.05) is 40.3 Å². The number of hydrogen-bond acceptors (Lipinski definition) is 4. The Kier molecular flexibility index (Phi) is 7.61. The van der Waals surface area contributed by atoms with Gasteiger partial charge in [-0.05, 0) is 82.4 Å². The third-order valence-corrected chi connectivity index (χ3v) is 6.72. The van der Waals surface area contributed by atoms with Crippen LogP contribution in [-0.4, -0.2) is 72.0 Å². The smallest absolute Gasteiger partial charge is 0.222 e. The third-order valence-electron chi connectivity index (χ3n) is 6.42. The summed E-state index contributed by atoms with van der Waals surface area (Å²) in [5.41, 5.74) is 1.13. The van der Waals surface area contributed by atoms with Crippen LogP contribution in [0.15, 0.2) is 18.2 Å². The zero-order chi connectivity index (χ0) is 20.1. The molecule has 2 heterocycles. The molecule has 3 rings (SSSR count). The first-order valence-electron chi connectivity index (χ1n) is 10.6. The second-order valence-electron chi connectivity index (χ2n) is 8.61. The van der Waals surface area contributed by atoms with E-state index in [1.165, 1.54) is 12.8 Å². The van der Waals surface area contributed by atoms with E-state index in [-0.39, 0.29) is 5.75 Å². The summed E-state index contributed by atoms with van der Waals surface area (Å²) in [6.45, 7) is 5.13. The number of benzene rings is 1. The van der Waals surface area contributed by atoms with Gasteiger partial charge < -0.3 is 14.9 Å².